The van der Waals surface area contributed by atoms with Gasteiger partial charge in [-0.05, 0) is 73.3 Å². The molecule has 21 heteroatoms. The summed E-state index contributed by atoms with van der Waals surface area (Å²) in [5, 5.41) is 20.3. The van der Waals surface area contributed by atoms with Crippen LogP contribution in [0.4, 0.5) is 5.95 Å². The Morgan fingerprint density at radius 1 is 0.656 bits per heavy atom. The van der Waals surface area contributed by atoms with Gasteiger partial charge >= 0.3 is 0 Å². The van der Waals surface area contributed by atoms with Crippen molar-refractivity contribution in [3.05, 3.63) is 145 Å². The van der Waals surface area contributed by atoms with Crippen LogP contribution >= 0.6 is 45.9 Å². The maximum Gasteiger partial charge on any atom is 0.267 e. The third-order valence-corrected chi connectivity index (χ3v) is 13.1. The maximum absolute atomic E-state index is 13.1. The average Bonchev–Trinajstić information content (AvgIpc) is 4.14. The first kappa shape index (κ1) is 41.2. The molecule has 9 aromatic rings. The van der Waals surface area contributed by atoms with E-state index in [2.05, 4.69) is 40.2 Å². The van der Waals surface area contributed by atoms with Gasteiger partial charge in [0.2, 0.25) is 17.6 Å². The Bertz CT molecular complexity index is 3280. The summed E-state index contributed by atoms with van der Waals surface area (Å²) in [5.74, 6) is 1.26. The minimum Gasteiger partial charge on any atom is -0.338 e. The second-order valence-electron chi connectivity index (χ2n) is 14.9. The highest BCUT2D eigenvalue weighted by Crippen LogP contribution is 2.37. The predicted octanol–water partition coefficient (Wildman–Crippen LogP) is 7.90. The molecule has 0 saturated carbocycles. The second kappa shape index (κ2) is 17.8. The maximum atomic E-state index is 13.1. The standard InChI is InChI=1S/C43H33Cl2N13O4S2/c1-24-38(63-42(48-24)28-17-30(45)21-47-20-28)31-8-10-36(59)57(52-31)22-34-50-40(54-61-34)27-14-25(18-46-19-27)15-33-39(64-41(49-33)26-6-5-7-29(44)16-26)32-9-11-37(60)58(53-32)23-35-51-43(55-62-35)56-12-3-2-4-13-56/h5-11,14,16-21H,2-4,12-13,15,22-23H2,1H3. The third kappa shape index (κ3) is 8.87. The van der Waals surface area contributed by atoms with Gasteiger partial charge in [0.05, 0.1) is 26.2 Å². The minimum absolute atomic E-state index is 0.00707. The lowest BCUT2D eigenvalue weighted by Crippen LogP contribution is -2.30. The molecule has 1 saturated heterocycles. The molecule has 0 amide bonds. The average molecular weight is 931 g/mol. The Hall–Kier alpha value is -6.80. The van der Waals surface area contributed by atoms with Crippen molar-refractivity contribution in [3.63, 3.8) is 0 Å². The molecule has 1 aliphatic heterocycles. The van der Waals surface area contributed by atoms with Gasteiger partial charge in [-0.1, -0.05) is 40.5 Å². The summed E-state index contributed by atoms with van der Waals surface area (Å²) in [6, 6.07) is 17.4. The van der Waals surface area contributed by atoms with Crippen LogP contribution in [0.1, 0.15) is 48.0 Å². The summed E-state index contributed by atoms with van der Waals surface area (Å²) in [6.45, 7) is 3.55. The van der Waals surface area contributed by atoms with E-state index in [1.165, 1.54) is 50.6 Å². The lowest BCUT2D eigenvalue weighted by molar-refractivity contribution is 0.361. The number of aryl methyl sites for hydroxylation is 1. The predicted molar refractivity (Wildman–Crippen MR) is 242 cm³/mol. The number of rotatable bonds is 12. The van der Waals surface area contributed by atoms with Gasteiger partial charge in [0, 0.05) is 78.1 Å². The zero-order valence-corrected chi connectivity index (χ0v) is 36.9. The van der Waals surface area contributed by atoms with E-state index in [-0.39, 0.29) is 41.8 Å². The van der Waals surface area contributed by atoms with Crippen molar-refractivity contribution in [2.45, 2.75) is 45.7 Å². The number of halogens is 2. The summed E-state index contributed by atoms with van der Waals surface area (Å²) in [5.41, 5.74) is 4.91. The van der Waals surface area contributed by atoms with Crippen molar-refractivity contribution in [2.75, 3.05) is 18.0 Å². The first-order valence-electron chi connectivity index (χ1n) is 20.0. The van der Waals surface area contributed by atoms with E-state index in [4.69, 9.17) is 47.3 Å². The molecular formula is C43H33Cl2N13O4S2. The number of thiazole rings is 2. The Kier molecular flexibility index (Phi) is 11.4. The second-order valence-corrected chi connectivity index (χ2v) is 17.7. The van der Waals surface area contributed by atoms with E-state index in [1.54, 1.807) is 49.1 Å². The van der Waals surface area contributed by atoms with Gasteiger partial charge in [0.25, 0.3) is 17.1 Å². The lowest BCUT2D eigenvalue weighted by atomic mass is 10.1. The highest BCUT2D eigenvalue weighted by atomic mass is 35.5. The zero-order valence-electron chi connectivity index (χ0n) is 33.8. The molecule has 0 atom stereocenters. The molecule has 0 spiro atoms. The minimum atomic E-state index is -0.341. The van der Waals surface area contributed by atoms with Gasteiger partial charge in [0.1, 0.15) is 34.5 Å². The molecule has 1 aliphatic rings. The number of benzene rings is 1. The Morgan fingerprint density at radius 3 is 2.09 bits per heavy atom. The van der Waals surface area contributed by atoms with Crippen LogP contribution < -0.4 is 16.0 Å². The topological polar surface area (TPSA) is 202 Å². The van der Waals surface area contributed by atoms with Crippen LogP contribution in [0.15, 0.2) is 104 Å². The van der Waals surface area contributed by atoms with Gasteiger partial charge in [-0.3, -0.25) is 19.6 Å². The van der Waals surface area contributed by atoms with Crippen LogP contribution in [0, 0.1) is 6.92 Å². The highest BCUT2D eigenvalue weighted by Gasteiger charge is 2.22. The van der Waals surface area contributed by atoms with E-state index in [0.717, 1.165) is 68.1 Å². The lowest BCUT2D eigenvalue weighted by Gasteiger charge is -2.24. The van der Waals surface area contributed by atoms with E-state index in [1.807, 2.05) is 31.2 Å². The van der Waals surface area contributed by atoms with Crippen molar-refractivity contribution in [1.82, 2.24) is 59.8 Å². The molecule has 0 aliphatic carbocycles. The molecule has 17 nitrogen and oxygen atoms in total. The SMILES string of the molecule is Cc1nc(-c2cncc(Cl)c2)sc1-c1ccc(=O)n(Cc2nc(-c3cncc(Cc4nc(-c5cccc(Cl)c5)sc4-c4ccc(=O)n(Cc5nc(N6CCCCC6)no5)n4)c3)no2)n1. The van der Waals surface area contributed by atoms with Crippen molar-refractivity contribution in [2.24, 2.45) is 0 Å². The van der Waals surface area contributed by atoms with Crippen molar-refractivity contribution >= 4 is 51.8 Å². The fraction of sp³-hybridized carbons (Fsp3) is 0.209. The molecule has 1 fully saturated rings. The van der Waals surface area contributed by atoms with Crippen molar-refractivity contribution in [1.29, 1.82) is 0 Å². The Balaban J connectivity index is 0.906. The smallest absolute Gasteiger partial charge is 0.267 e. The summed E-state index contributed by atoms with van der Waals surface area (Å²) in [6.07, 6.45) is 10.3. The Morgan fingerprint density at radius 2 is 1.33 bits per heavy atom. The number of hydrogen-bond donors (Lipinski definition) is 0. The summed E-state index contributed by atoms with van der Waals surface area (Å²) in [4.78, 5) is 57.3. The van der Waals surface area contributed by atoms with Crippen LogP contribution in [-0.4, -0.2) is 72.9 Å². The first-order valence-corrected chi connectivity index (χ1v) is 22.4. The Labute approximate surface area is 381 Å². The first-order chi connectivity index (χ1) is 31.2. The molecule has 0 N–H and O–H groups in total. The van der Waals surface area contributed by atoms with Gasteiger partial charge in [0.15, 0.2) is 0 Å². The molecule has 9 heterocycles. The molecule has 0 unspecified atom stereocenters. The van der Waals surface area contributed by atoms with E-state index in [0.29, 0.717) is 45.1 Å². The van der Waals surface area contributed by atoms with Gasteiger partial charge in [-0.2, -0.15) is 20.2 Å². The summed E-state index contributed by atoms with van der Waals surface area (Å²) >= 11 is 15.4. The number of hydrogen-bond acceptors (Lipinski definition) is 17. The molecule has 0 bridgehead atoms. The number of pyridine rings is 2. The van der Waals surface area contributed by atoms with Gasteiger partial charge < -0.3 is 13.9 Å². The quantitative estimate of drug-likeness (QED) is 0.114. The van der Waals surface area contributed by atoms with Gasteiger partial charge in [-0.15, -0.1) is 22.7 Å². The molecular weight excluding hydrogens is 898 g/mol. The summed E-state index contributed by atoms with van der Waals surface area (Å²) < 4.78 is 13.8. The number of piperidine rings is 1. The third-order valence-electron chi connectivity index (χ3n) is 10.3. The van der Waals surface area contributed by atoms with Crippen LogP contribution in [-0.2, 0) is 19.5 Å². The van der Waals surface area contributed by atoms with Crippen molar-refractivity contribution < 1.29 is 9.05 Å². The van der Waals surface area contributed by atoms with Crippen LogP contribution in [0.25, 0.3) is 53.7 Å². The van der Waals surface area contributed by atoms with E-state index >= 15 is 0 Å². The van der Waals surface area contributed by atoms with Crippen LogP contribution in [0.5, 0.6) is 0 Å². The molecule has 1 aromatic carbocycles. The highest BCUT2D eigenvalue weighted by molar-refractivity contribution is 7.18. The summed E-state index contributed by atoms with van der Waals surface area (Å²) in [7, 11) is 0. The normalized spacial score (nSPS) is 12.9. The van der Waals surface area contributed by atoms with Crippen LogP contribution in [0.2, 0.25) is 10.0 Å². The monoisotopic (exact) mass is 929 g/mol. The number of aromatic nitrogens is 12. The van der Waals surface area contributed by atoms with E-state index < -0.39 is 0 Å². The molecule has 10 rings (SSSR count). The fourth-order valence-corrected chi connectivity index (χ4v) is 9.61. The molecule has 8 aromatic heterocycles. The van der Waals surface area contributed by atoms with Crippen molar-refractivity contribution in [3.8, 4) is 53.7 Å². The molecule has 0 radical (unpaired) electrons. The van der Waals surface area contributed by atoms with E-state index in [9.17, 15) is 9.59 Å². The number of nitrogens with zero attached hydrogens (tertiary/aromatic N) is 13. The fourth-order valence-electron chi connectivity index (χ4n) is 7.19. The number of anilines is 1. The van der Waals surface area contributed by atoms with Gasteiger partial charge in [-0.25, -0.2) is 19.3 Å². The molecule has 320 valence electrons. The largest absolute Gasteiger partial charge is 0.338 e. The van der Waals surface area contributed by atoms with Crippen LogP contribution in [0.3, 0.4) is 0 Å². The molecule has 64 heavy (non-hydrogen) atoms. The zero-order chi connectivity index (χ0) is 43.7.